The van der Waals surface area contributed by atoms with Crippen LogP contribution in [0.5, 0.6) is 0 Å². The van der Waals surface area contributed by atoms with Gasteiger partial charge < -0.3 is 5.11 Å². The van der Waals surface area contributed by atoms with Crippen molar-refractivity contribution in [2.45, 2.75) is 10.6 Å². The molecule has 0 aliphatic heterocycles. The molecule has 128 valence electrons. The number of thiazole rings is 1. The maximum absolute atomic E-state index is 11.3. The van der Waals surface area contributed by atoms with E-state index < -0.39 is 5.97 Å². The summed E-state index contributed by atoms with van der Waals surface area (Å²) in [6.07, 6.45) is 0. The van der Waals surface area contributed by atoms with E-state index in [0.29, 0.717) is 11.3 Å². The summed E-state index contributed by atoms with van der Waals surface area (Å²) in [6.45, 7) is 0. The maximum Gasteiger partial charge on any atom is 0.336 e. The molecule has 0 fully saturated rings. The Morgan fingerprint density at radius 2 is 1.77 bits per heavy atom. The van der Waals surface area contributed by atoms with Crippen LogP contribution in [0.1, 0.15) is 15.4 Å². The summed E-state index contributed by atoms with van der Waals surface area (Å²) in [5.74, 6) is -0.244. The number of aromatic carboxylic acids is 1. The Bertz CT molecular complexity index is 1090. The highest BCUT2D eigenvalue weighted by Gasteiger charge is 2.11. The molecule has 0 spiro atoms. The van der Waals surface area contributed by atoms with E-state index in [1.54, 1.807) is 23.5 Å². The SMILES string of the molecule is O=C(O)c1ccccc1SCc1nc(-c2ccc3ccccc3c2)cs1. The van der Waals surface area contributed by atoms with Crippen molar-refractivity contribution in [3.8, 4) is 11.3 Å². The second-order valence-corrected chi connectivity index (χ2v) is 7.74. The lowest BCUT2D eigenvalue weighted by Gasteiger charge is -2.04. The number of rotatable bonds is 5. The smallest absolute Gasteiger partial charge is 0.336 e. The minimum atomic E-state index is -0.899. The maximum atomic E-state index is 11.3. The van der Waals surface area contributed by atoms with Gasteiger partial charge in [-0.25, -0.2) is 9.78 Å². The third-order valence-electron chi connectivity index (χ3n) is 4.07. The largest absolute Gasteiger partial charge is 0.478 e. The zero-order valence-corrected chi connectivity index (χ0v) is 15.4. The van der Waals surface area contributed by atoms with Crippen molar-refractivity contribution in [3.63, 3.8) is 0 Å². The summed E-state index contributed by atoms with van der Waals surface area (Å²) in [5, 5.41) is 14.7. The molecule has 4 rings (SSSR count). The topological polar surface area (TPSA) is 50.2 Å². The Hall–Kier alpha value is -2.63. The summed E-state index contributed by atoms with van der Waals surface area (Å²) < 4.78 is 0. The first-order valence-corrected chi connectivity index (χ1v) is 9.96. The van der Waals surface area contributed by atoms with Gasteiger partial charge >= 0.3 is 5.97 Å². The minimum Gasteiger partial charge on any atom is -0.478 e. The number of carbonyl (C=O) groups is 1. The van der Waals surface area contributed by atoms with Gasteiger partial charge in [0.2, 0.25) is 0 Å². The second kappa shape index (κ2) is 7.32. The molecule has 0 saturated heterocycles. The van der Waals surface area contributed by atoms with Crippen molar-refractivity contribution in [2.75, 3.05) is 0 Å². The van der Waals surface area contributed by atoms with Gasteiger partial charge in [0.05, 0.1) is 17.0 Å². The van der Waals surface area contributed by atoms with Crippen LogP contribution < -0.4 is 0 Å². The first kappa shape index (κ1) is 16.8. The molecule has 26 heavy (non-hydrogen) atoms. The van der Waals surface area contributed by atoms with E-state index in [-0.39, 0.29) is 0 Å². The molecule has 1 aromatic heterocycles. The van der Waals surface area contributed by atoms with E-state index >= 15 is 0 Å². The molecule has 5 heteroatoms. The number of carboxylic acid groups (broad SMARTS) is 1. The van der Waals surface area contributed by atoms with Crippen LogP contribution in [-0.2, 0) is 5.75 Å². The molecular weight excluding hydrogens is 362 g/mol. The normalized spacial score (nSPS) is 10.9. The molecule has 0 aliphatic rings. The first-order valence-electron chi connectivity index (χ1n) is 8.09. The van der Waals surface area contributed by atoms with Crippen LogP contribution >= 0.6 is 23.1 Å². The van der Waals surface area contributed by atoms with Gasteiger partial charge in [0.15, 0.2) is 0 Å². The van der Waals surface area contributed by atoms with Crippen LogP contribution in [0.3, 0.4) is 0 Å². The molecule has 3 nitrogen and oxygen atoms in total. The minimum absolute atomic E-state index is 0.337. The lowest BCUT2D eigenvalue weighted by molar-refractivity contribution is 0.0693. The van der Waals surface area contributed by atoms with Crippen molar-refractivity contribution in [1.82, 2.24) is 4.98 Å². The summed E-state index contributed by atoms with van der Waals surface area (Å²) in [7, 11) is 0. The number of aromatic nitrogens is 1. The quantitative estimate of drug-likeness (QED) is 0.436. The fraction of sp³-hybridized carbons (Fsp3) is 0.0476. The Labute approximate surface area is 159 Å². The van der Waals surface area contributed by atoms with Gasteiger partial charge in [-0.3, -0.25) is 0 Å². The van der Waals surface area contributed by atoms with E-state index in [1.807, 2.05) is 24.3 Å². The Kier molecular flexibility index (Phi) is 4.73. The van der Waals surface area contributed by atoms with Gasteiger partial charge in [-0.15, -0.1) is 23.1 Å². The number of hydrogen-bond donors (Lipinski definition) is 1. The molecular formula is C21H15NO2S2. The van der Waals surface area contributed by atoms with Gasteiger partial charge in [0.1, 0.15) is 5.01 Å². The highest BCUT2D eigenvalue weighted by molar-refractivity contribution is 7.98. The van der Waals surface area contributed by atoms with Gasteiger partial charge in [0.25, 0.3) is 0 Å². The third kappa shape index (κ3) is 3.49. The fourth-order valence-corrected chi connectivity index (χ4v) is 4.63. The number of thioether (sulfide) groups is 1. The van der Waals surface area contributed by atoms with E-state index in [4.69, 9.17) is 4.98 Å². The van der Waals surface area contributed by atoms with Gasteiger partial charge in [-0.05, 0) is 29.0 Å². The summed E-state index contributed by atoms with van der Waals surface area (Å²) in [6, 6.07) is 21.7. The van der Waals surface area contributed by atoms with Crippen LogP contribution in [-0.4, -0.2) is 16.1 Å². The highest BCUT2D eigenvalue weighted by atomic mass is 32.2. The molecule has 4 aromatic rings. The molecule has 0 bridgehead atoms. The van der Waals surface area contributed by atoms with Crippen molar-refractivity contribution >= 4 is 39.8 Å². The Morgan fingerprint density at radius 3 is 2.62 bits per heavy atom. The molecule has 0 unspecified atom stereocenters. The molecule has 0 saturated carbocycles. The number of benzene rings is 3. The lowest BCUT2D eigenvalue weighted by Crippen LogP contribution is -1.98. The van der Waals surface area contributed by atoms with Gasteiger partial charge in [-0.2, -0.15) is 0 Å². The van der Waals surface area contributed by atoms with Crippen LogP contribution in [0, 0.1) is 0 Å². The highest BCUT2D eigenvalue weighted by Crippen LogP contribution is 2.30. The van der Waals surface area contributed by atoms with Crippen molar-refractivity contribution in [2.24, 2.45) is 0 Å². The third-order valence-corrected chi connectivity index (χ3v) is 6.18. The van der Waals surface area contributed by atoms with E-state index in [1.165, 1.54) is 22.5 Å². The Morgan fingerprint density at radius 1 is 1.00 bits per heavy atom. The van der Waals surface area contributed by atoms with Gasteiger partial charge in [-0.1, -0.05) is 48.5 Å². The Balaban J connectivity index is 1.54. The summed E-state index contributed by atoms with van der Waals surface area (Å²) in [4.78, 5) is 16.8. The fourth-order valence-electron chi connectivity index (χ4n) is 2.77. The molecule has 1 heterocycles. The number of carboxylic acids is 1. The van der Waals surface area contributed by atoms with Crippen LogP contribution in [0.15, 0.2) is 77.0 Å². The average molecular weight is 377 g/mol. The molecule has 0 aliphatic carbocycles. The molecule has 0 amide bonds. The zero-order valence-electron chi connectivity index (χ0n) is 13.8. The van der Waals surface area contributed by atoms with Crippen molar-refractivity contribution < 1.29 is 9.90 Å². The number of fused-ring (bicyclic) bond motifs is 1. The van der Waals surface area contributed by atoms with E-state index in [2.05, 4.69) is 35.7 Å². The number of hydrogen-bond acceptors (Lipinski definition) is 4. The number of nitrogens with zero attached hydrogens (tertiary/aromatic N) is 1. The summed E-state index contributed by atoms with van der Waals surface area (Å²) >= 11 is 3.11. The molecule has 1 N–H and O–H groups in total. The monoisotopic (exact) mass is 377 g/mol. The molecule has 3 aromatic carbocycles. The lowest BCUT2D eigenvalue weighted by atomic mass is 10.1. The van der Waals surface area contributed by atoms with Gasteiger partial charge in [0, 0.05) is 15.8 Å². The zero-order chi connectivity index (χ0) is 17.9. The standard InChI is InChI=1S/C21H15NO2S2/c23-21(24)17-7-3-4-8-19(17)25-13-20-22-18(12-26-20)16-10-9-14-5-1-2-6-15(14)11-16/h1-12H,13H2,(H,23,24). The molecule has 0 radical (unpaired) electrons. The predicted octanol–water partition coefficient (Wildman–Crippen LogP) is 5.95. The van der Waals surface area contributed by atoms with Crippen LogP contribution in [0.4, 0.5) is 0 Å². The van der Waals surface area contributed by atoms with Crippen molar-refractivity contribution in [3.05, 3.63) is 82.7 Å². The van der Waals surface area contributed by atoms with E-state index in [9.17, 15) is 9.90 Å². The summed E-state index contributed by atoms with van der Waals surface area (Å²) in [5.41, 5.74) is 2.40. The van der Waals surface area contributed by atoms with Crippen molar-refractivity contribution in [1.29, 1.82) is 0 Å². The molecule has 0 atom stereocenters. The van der Waals surface area contributed by atoms with Crippen LogP contribution in [0.2, 0.25) is 0 Å². The second-order valence-electron chi connectivity index (χ2n) is 5.78. The average Bonchev–Trinajstić information content (AvgIpc) is 3.15. The van der Waals surface area contributed by atoms with Crippen LogP contribution in [0.25, 0.3) is 22.0 Å². The van der Waals surface area contributed by atoms with E-state index in [0.717, 1.165) is 21.2 Å². The first-order chi connectivity index (χ1) is 12.7. The predicted molar refractivity (Wildman–Crippen MR) is 108 cm³/mol.